The van der Waals surface area contributed by atoms with Crippen molar-refractivity contribution in [2.75, 3.05) is 19.7 Å². The first-order chi connectivity index (χ1) is 48.8. The van der Waals surface area contributed by atoms with Crippen LogP contribution < -0.4 is 92.1 Å². The molecule has 0 rings (SSSR count). The van der Waals surface area contributed by atoms with Crippen LogP contribution in [-0.2, 0) is 91.1 Å². The van der Waals surface area contributed by atoms with E-state index in [9.17, 15) is 122 Å². The number of primary amides is 2. The van der Waals surface area contributed by atoms with E-state index < -0.39 is 279 Å². The second kappa shape index (κ2) is 47.9. The van der Waals surface area contributed by atoms with Crippen LogP contribution in [0.5, 0.6) is 0 Å². The monoisotopic (exact) mass is 1500 g/mol. The Balaban J connectivity index is 6.82. The lowest BCUT2D eigenvalue weighted by molar-refractivity contribution is -0.142. The average molecular weight is 1500 g/mol. The summed E-state index contributed by atoms with van der Waals surface area (Å²) in [6, 6.07) is -22.0. The van der Waals surface area contributed by atoms with Crippen molar-refractivity contribution in [2.45, 2.75) is 237 Å². The van der Waals surface area contributed by atoms with Gasteiger partial charge < -0.3 is 123 Å². The molecule has 0 saturated heterocycles. The summed E-state index contributed by atoms with van der Waals surface area (Å²) in [6.45, 7) is 13.0. The van der Waals surface area contributed by atoms with Crippen molar-refractivity contribution < 1.29 is 122 Å². The molecule has 0 aromatic heterocycles. The Labute approximate surface area is 605 Å². The Hall–Kier alpha value is -10.2. The fourth-order valence-electron chi connectivity index (χ4n) is 9.58. The normalized spacial score (nSPS) is 15.4. The van der Waals surface area contributed by atoms with Crippen molar-refractivity contribution in [3.8, 4) is 0 Å². The summed E-state index contributed by atoms with van der Waals surface area (Å²) in [6.07, 6.45) is -7.28. The number of unbranched alkanes of at least 4 members (excludes halogenated alkanes) is 1. The largest absolute Gasteiger partial charge is 0.481 e. The predicted molar refractivity (Wildman–Crippen MR) is 366 cm³/mol. The van der Waals surface area contributed by atoms with Gasteiger partial charge in [-0.1, -0.05) is 61.8 Å². The molecule has 105 heavy (non-hydrogen) atoms. The van der Waals surface area contributed by atoms with Gasteiger partial charge in [0.25, 0.3) is 0 Å². The van der Waals surface area contributed by atoms with E-state index in [1.807, 2.05) is 0 Å². The van der Waals surface area contributed by atoms with Crippen LogP contribution in [0.4, 0.5) is 0 Å². The van der Waals surface area contributed by atoms with Crippen LogP contribution in [0, 0.1) is 23.7 Å². The zero-order chi connectivity index (χ0) is 80.9. The summed E-state index contributed by atoms with van der Waals surface area (Å²) < 4.78 is 0. The standard InChI is InChI=1S/C63H107N17O25/c1-11-30(8)49(79-59(100)47(67)28(4)5)62(103)73-33(14-12-13-21-64)53(94)77-40(26-81)58(99)75-39(24-46(90)91)56(97)74-37(22-27(2)3)57(98)78-48(29(6)7)61(102)76-38(23-42(66)84)55(96)72-35(17-20-45(88)89)54(95)71-34(16-19-44(86)87)52(93)69-31(9)51(92)80-50(32(10)82)60(101)68-25-43(85)70-36(63(104)105)15-18-41(65)83/h27-40,47-50,81-82H,11-26,64,67H2,1-10H3,(H2,65,83)(H2,66,84)(H,68,101)(H,69,93)(H,70,85)(H,71,95)(H,72,96)(H,73,103)(H,74,97)(H,75,99)(H,76,102)(H,77,94)(H,78,98)(H,79,100)(H,80,92)(H,86,87)(H,88,89)(H,90,91)(H,104,105)/t30-,31-,32+,33-,34-,35-,36-,37-,38-,39-,40-,47-,48-,49-,50-/m0/s1. The number of carbonyl (C=O) groups excluding carboxylic acids is 15. The fourth-order valence-corrected chi connectivity index (χ4v) is 9.58. The summed E-state index contributed by atoms with van der Waals surface area (Å²) >= 11 is 0. The highest BCUT2D eigenvalue weighted by Crippen LogP contribution is 2.15. The zero-order valence-electron chi connectivity index (χ0n) is 60.5. The van der Waals surface area contributed by atoms with Crippen molar-refractivity contribution in [2.24, 2.45) is 46.6 Å². The number of hydrogen-bond donors (Lipinski definition) is 23. The molecule has 0 aliphatic heterocycles. The van der Waals surface area contributed by atoms with Crippen molar-refractivity contribution in [3.63, 3.8) is 0 Å². The van der Waals surface area contributed by atoms with Crippen molar-refractivity contribution >= 4 is 112 Å². The van der Waals surface area contributed by atoms with Crippen LogP contribution in [0.25, 0.3) is 0 Å². The number of nitrogens with one attached hydrogen (secondary N) is 13. The van der Waals surface area contributed by atoms with Gasteiger partial charge >= 0.3 is 23.9 Å². The van der Waals surface area contributed by atoms with Gasteiger partial charge in [-0.2, -0.15) is 0 Å². The molecule has 15 amide bonds. The highest BCUT2D eigenvalue weighted by atomic mass is 16.4. The maximum Gasteiger partial charge on any atom is 0.326 e. The topological polar surface area (TPSA) is 706 Å². The minimum absolute atomic E-state index is 0.0597. The highest BCUT2D eigenvalue weighted by molar-refractivity contribution is 6.01. The molecule has 0 aliphatic rings. The summed E-state index contributed by atoms with van der Waals surface area (Å²) in [5, 5.41) is 88.4. The van der Waals surface area contributed by atoms with Gasteiger partial charge in [0.2, 0.25) is 88.6 Å². The van der Waals surface area contributed by atoms with Gasteiger partial charge in [-0.05, 0) is 89.0 Å². The average Bonchev–Trinajstić information content (AvgIpc) is 0.854. The van der Waals surface area contributed by atoms with E-state index in [0.717, 1.165) is 13.8 Å². The van der Waals surface area contributed by atoms with Gasteiger partial charge in [0.05, 0.1) is 38.1 Å². The first-order valence-corrected chi connectivity index (χ1v) is 33.9. The van der Waals surface area contributed by atoms with E-state index in [2.05, 4.69) is 69.1 Å². The molecule has 15 atom stereocenters. The van der Waals surface area contributed by atoms with Crippen molar-refractivity contribution in [1.82, 2.24) is 69.1 Å². The molecule has 0 aromatic rings. The molecule has 0 saturated carbocycles. The number of aliphatic hydroxyl groups is 2. The molecule has 42 nitrogen and oxygen atoms in total. The van der Waals surface area contributed by atoms with E-state index in [4.69, 9.17) is 22.9 Å². The number of nitrogens with two attached hydrogens (primary N) is 4. The van der Waals surface area contributed by atoms with Crippen LogP contribution in [0.2, 0.25) is 0 Å². The lowest BCUT2D eigenvalue weighted by Crippen LogP contribution is -2.62. The highest BCUT2D eigenvalue weighted by Gasteiger charge is 2.39. The number of amides is 15. The molecule has 0 bridgehead atoms. The Morgan fingerprint density at radius 1 is 0.390 bits per heavy atom. The van der Waals surface area contributed by atoms with E-state index in [-0.39, 0.29) is 31.7 Å². The molecule has 42 heteroatoms. The van der Waals surface area contributed by atoms with Crippen LogP contribution in [-0.4, -0.2) is 247 Å². The number of carboxylic acids is 4. The maximum absolute atomic E-state index is 14.2. The Bertz CT molecular complexity index is 3060. The zero-order valence-corrected chi connectivity index (χ0v) is 60.5. The van der Waals surface area contributed by atoms with Gasteiger partial charge in [-0.3, -0.25) is 86.3 Å². The Morgan fingerprint density at radius 2 is 0.810 bits per heavy atom. The summed E-state index contributed by atoms with van der Waals surface area (Å²) in [5.74, 6) is -25.5. The molecular formula is C63H107N17O25. The smallest absolute Gasteiger partial charge is 0.326 e. The van der Waals surface area contributed by atoms with Crippen LogP contribution in [0.1, 0.15) is 153 Å². The van der Waals surface area contributed by atoms with Gasteiger partial charge in [0.1, 0.15) is 72.5 Å². The SMILES string of the molecule is CC[C@H](C)[C@H](NC(=O)[C@@H](N)C(C)C)C(=O)N[C@@H](CCCCN)C(=O)N[C@@H](CO)C(=O)N[C@@H](CC(=O)O)C(=O)N[C@@H](CC(C)C)C(=O)N[C@H](C(=O)N[C@@H](CC(N)=O)C(=O)N[C@@H](CCC(=O)O)C(=O)N[C@@H](CCC(=O)O)C(=O)N[C@@H](C)C(=O)N[C@H](C(=O)NCC(=O)N[C@@H](CCC(N)=O)C(=O)O)[C@@H](C)O)C(C)C. The number of carbonyl (C=O) groups is 19. The summed E-state index contributed by atoms with van der Waals surface area (Å²) in [4.78, 5) is 248. The molecule has 0 spiro atoms. The van der Waals surface area contributed by atoms with Gasteiger partial charge in [0, 0.05) is 19.3 Å². The minimum atomic E-state index is -2.05. The predicted octanol–water partition coefficient (Wildman–Crippen LogP) is -8.40. The number of aliphatic hydroxyl groups excluding tert-OH is 2. The minimum Gasteiger partial charge on any atom is -0.481 e. The third kappa shape index (κ3) is 36.7. The van der Waals surface area contributed by atoms with E-state index in [1.54, 1.807) is 41.5 Å². The van der Waals surface area contributed by atoms with E-state index in [0.29, 0.717) is 12.8 Å². The Morgan fingerprint density at radius 3 is 1.26 bits per heavy atom. The van der Waals surface area contributed by atoms with Gasteiger partial charge in [0.15, 0.2) is 0 Å². The van der Waals surface area contributed by atoms with Crippen molar-refractivity contribution in [3.05, 3.63) is 0 Å². The number of aliphatic carboxylic acids is 4. The maximum atomic E-state index is 14.2. The molecule has 0 radical (unpaired) electrons. The lowest BCUT2D eigenvalue weighted by atomic mass is 9.96. The number of carboxylic acid groups (broad SMARTS) is 4. The second-order valence-electron chi connectivity index (χ2n) is 26.2. The van der Waals surface area contributed by atoms with Gasteiger partial charge in [-0.25, -0.2) is 4.79 Å². The molecule has 0 unspecified atom stereocenters. The van der Waals surface area contributed by atoms with Crippen LogP contribution >= 0.6 is 0 Å². The molecular weight excluding hydrogens is 1390 g/mol. The second-order valence-corrected chi connectivity index (χ2v) is 26.2. The molecule has 0 fully saturated rings. The molecule has 594 valence electrons. The van der Waals surface area contributed by atoms with Crippen molar-refractivity contribution in [1.29, 1.82) is 0 Å². The third-order valence-electron chi connectivity index (χ3n) is 16.0. The third-order valence-corrected chi connectivity index (χ3v) is 16.0. The fraction of sp³-hybridized carbons (Fsp3) is 0.698. The number of hydrogen-bond acceptors (Lipinski definition) is 23. The lowest BCUT2D eigenvalue weighted by Gasteiger charge is -2.29. The first-order valence-electron chi connectivity index (χ1n) is 33.9. The molecule has 0 heterocycles. The molecule has 27 N–H and O–H groups in total. The Kier molecular flexibility index (Phi) is 43.3. The summed E-state index contributed by atoms with van der Waals surface area (Å²) in [7, 11) is 0. The van der Waals surface area contributed by atoms with Crippen LogP contribution in [0.15, 0.2) is 0 Å². The molecule has 0 aromatic carbocycles. The molecule has 0 aliphatic carbocycles. The van der Waals surface area contributed by atoms with E-state index >= 15 is 0 Å². The number of rotatable bonds is 52. The summed E-state index contributed by atoms with van der Waals surface area (Å²) in [5.41, 5.74) is 22.2. The van der Waals surface area contributed by atoms with E-state index in [1.165, 1.54) is 13.8 Å². The first kappa shape index (κ1) is 94.8. The van der Waals surface area contributed by atoms with Gasteiger partial charge in [-0.15, -0.1) is 0 Å². The van der Waals surface area contributed by atoms with Crippen LogP contribution in [0.3, 0.4) is 0 Å². The quantitative estimate of drug-likeness (QED) is 0.0252.